The molecule has 0 spiro atoms. The maximum atomic E-state index is 14.4. The van der Waals surface area contributed by atoms with Crippen LogP contribution >= 0.6 is 0 Å². The molecule has 4 aromatic rings. The van der Waals surface area contributed by atoms with E-state index < -0.39 is 12.5 Å². The molecule has 1 atom stereocenters. The van der Waals surface area contributed by atoms with Crippen LogP contribution in [0.3, 0.4) is 0 Å². The second-order valence-electron chi connectivity index (χ2n) is 10.8. The molecule has 0 bridgehead atoms. The highest BCUT2D eigenvalue weighted by Crippen LogP contribution is 2.41. The van der Waals surface area contributed by atoms with Crippen molar-refractivity contribution < 1.29 is 18.7 Å². The largest absolute Gasteiger partial charge is 0.395 e. The lowest BCUT2D eigenvalue weighted by atomic mass is 9.95. The number of hydrogen-bond acceptors (Lipinski definition) is 6. The minimum Gasteiger partial charge on any atom is -0.395 e. The maximum Gasteiger partial charge on any atom is 0.265 e. The van der Waals surface area contributed by atoms with Gasteiger partial charge in [0.05, 0.1) is 41.9 Å². The molecular formula is C29H33F2N7O2. The van der Waals surface area contributed by atoms with Gasteiger partial charge in [0.15, 0.2) is 0 Å². The molecule has 0 radical (unpaired) electrons. The van der Waals surface area contributed by atoms with Crippen LogP contribution in [0.15, 0.2) is 36.7 Å². The number of likely N-dealkylation sites (N-methyl/N-ethyl adjacent to an activating group) is 1. The molecule has 0 saturated carbocycles. The lowest BCUT2D eigenvalue weighted by molar-refractivity contribution is -0.135. The lowest BCUT2D eigenvalue weighted by Crippen LogP contribution is -2.40. The number of benzene rings is 1. The third kappa shape index (κ3) is 4.46. The number of hydrogen-bond donors (Lipinski definition) is 1. The van der Waals surface area contributed by atoms with Crippen molar-refractivity contribution in [3.05, 3.63) is 53.7 Å². The van der Waals surface area contributed by atoms with E-state index in [9.17, 15) is 18.7 Å². The molecule has 6 rings (SSSR count). The summed E-state index contributed by atoms with van der Waals surface area (Å²) in [6, 6.07) is 6.72. The molecule has 2 aliphatic rings. The summed E-state index contributed by atoms with van der Waals surface area (Å²) in [5, 5.41) is 14.1. The van der Waals surface area contributed by atoms with E-state index in [-0.39, 0.29) is 29.7 Å². The van der Waals surface area contributed by atoms with Gasteiger partial charge in [-0.1, -0.05) is 12.1 Å². The Bertz CT molecular complexity index is 1570. The fourth-order valence-electron chi connectivity index (χ4n) is 6.22. The first-order valence-corrected chi connectivity index (χ1v) is 13.7. The molecule has 11 heteroatoms. The summed E-state index contributed by atoms with van der Waals surface area (Å²) in [6.45, 7) is 4.75. The van der Waals surface area contributed by atoms with Crippen molar-refractivity contribution in [1.82, 2.24) is 34.1 Å². The van der Waals surface area contributed by atoms with E-state index in [1.165, 1.54) is 6.07 Å². The number of aliphatic hydroxyl groups is 1. The zero-order valence-corrected chi connectivity index (χ0v) is 22.9. The number of piperidine rings is 1. The summed E-state index contributed by atoms with van der Waals surface area (Å²) in [5.41, 5.74) is 3.54. The van der Waals surface area contributed by atoms with Gasteiger partial charge in [-0.15, -0.1) is 0 Å². The van der Waals surface area contributed by atoms with Crippen molar-refractivity contribution in [3.8, 4) is 22.5 Å². The molecular weight excluding hydrogens is 516 g/mol. The number of aromatic nitrogens is 5. The first-order chi connectivity index (χ1) is 19.3. The van der Waals surface area contributed by atoms with Crippen molar-refractivity contribution in [3.63, 3.8) is 0 Å². The quantitative estimate of drug-likeness (QED) is 0.389. The second-order valence-corrected chi connectivity index (χ2v) is 10.8. The van der Waals surface area contributed by atoms with Crippen LogP contribution in [-0.2, 0) is 18.4 Å². The first kappa shape index (κ1) is 26.5. The molecule has 1 amide bonds. The predicted molar refractivity (Wildman–Crippen MR) is 147 cm³/mol. The van der Waals surface area contributed by atoms with Crippen LogP contribution in [0.2, 0.25) is 0 Å². The average molecular weight is 550 g/mol. The highest BCUT2D eigenvalue weighted by Gasteiger charge is 2.36. The number of nitrogens with zero attached hydrogens (tertiary/aromatic N) is 7. The van der Waals surface area contributed by atoms with Gasteiger partial charge in [-0.05, 0) is 45.0 Å². The Morgan fingerprint density at radius 2 is 1.90 bits per heavy atom. The number of pyridine rings is 1. The second kappa shape index (κ2) is 10.4. The van der Waals surface area contributed by atoms with Gasteiger partial charge in [-0.2, -0.15) is 5.10 Å². The number of aliphatic hydroxyl groups excluding tert-OH is 1. The van der Waals surface area contributed by atoms with E-state index in [0.717, 1.165) is 43.0 Å². The minimum atomic E-state index is -2.72. The Morgan fingerprint density at radius 1 is 1.12 bits per heavy atom. The van der Waals surface area contributed by atoms with Crippen molar-refractivity contribution in [2.24, 2.45) is 7.05 Å². The Morgan fingerprint density at radius 3 is 2.58 bits per heavy atom. The summed E-state index contributed by atoms with van der Waals surface area (Å²) >= 11 is 0. The highest BCUT2D eigenvalue weighted by atomic mass is 19.3. The number of rotatable bonds is 6. The van der Waals surface area contributed by atoms with E-state index in [4.69, 9.17) is 4.98 Å². The van der Waals surface area contributed by atoms with Crippen molar-refractivity contribution in [1.29, 1.82) is 0 Å². The number of likely N-dealkylation sites (tertiary alicyclic amines) is 1. The number of aryl methyl sites for hydroxylation is 1. The number of carbonyl (C=O) groups is 1. The van der Waals surface area contributed by atoms with E-state index in [1.54, 1.807) is 36.1 Å². The number of alkyl halides is 2. The van der Waals surface area contributed by atoms with Gasteiger partial charge in [-0.3, -0.25) is 9.48 Å². The van der Waals surface area contributed by atoms with Gasteiger partial charge < -0.3 is 19.5 Å². The van der Waals surface area contributed by atoms with Crippen LogP contribution in [0.5, 0.6) is 0 Å². The van der Waals surface area contributed by atoms with Gasteiger partial charge in [0.2, 0.25) is 5.91 Å². The number of amides is 1. The Balaban J connectivity index is 1.51. The van der Waals surface area contributed by atoms with Crippen molar-refractivity contribution in [2.45, 2.75) is 44.7 Å². The first-order valence-electron chi connectivity index (χ1n) is 13.7. The van der Waals surface area contributed by atoms with Crippen LogP contribution in [0.4, 0.5) is 8.78 Å². The minimum absolute atomic E-state index is 0.0242. The molecule has 0 aliphatic carbocycles. The van der Waals surface area contributed by atoms with E-state index >= 15 is 0 Å². The average Bonchev–Trinajstić information content (AvgIpc) is 3.55. The molecule has 210 valence electrons. The molecule has 40 heavy (non-hydrogen) atoms. The third-order valence-electron chi connectivity index (χ3n) is 8.27. The van der Waals surface area contributed by atoms with E-state index in [1.807, 2.05) is 25.1 Å². The van der Waals surface area contributed by atoms with Gasteiger partial charge in [0.1, 0.15) is 11.9 Å². The summed E-state index contributed by atoms with van der Waals surface area (Å²) in [4.78, 5) is 26.8. The summed E-state index contributed by atoms with van der Waals surface area (Å²) in [6.07, 6.45) is 2.24. The lowest BCUT2D eigenvalue weighted by Gasteiger charge is -2.35. The third-order valence-corrected chi connectivity index (χ3v) is 8.27. The van der Waals surface area contributed by atoms with Crippen LogP contribution in [0, 0.1) is 0 Å². The molecule has 3 aromatic heterocycles. The SMILES string of the molecule is C[C@@H]1C(=O)N(C)Cc2c(-c3cccc4nc(-c5cnn(C)c5)c(C(F)F)cc34)nc(C3CCN(CCO)CC3)n21. The number of imidazole rings is 1. The zero-order valence-electron chi connectivity index (χ0n) is 22.9. The molecule has 1 fully saturated rings. The molecule has 2 aliphatic heterocycles. The molecule has 9 nitrogen and oxygen atoms in total. The fourth-order valence-corrected chi connectivity index (χ4v) is 6.22. The molecule has 0 unspecified atom stereocenters. The van der Waals surface area contributed by atoms with Crippen molar-refractivity contribution >= 4 is 16.8 Å². The maximum absolute atomic E-state index is 14.4. The van der Waals surface area contributed by atoms with E-state index in [2.05, 4.69) is 19.5 Å². The monoisotopic (exact) mass is 549 g/mol. The molecule has 1 N–H and O–H groups in total. The molecule has 5 heterocycles. The van der Waals surface area contributed by atoms with Gasteiger partial charge in [0, 0.05) is 54.8 Å². The Kier molecular flexibility index (Phi) is 6.87. The van der Waals surface area contributed by atoms with E-state index in [0.29, 0.717) is 35.2 Å². The van der Waals surface area contributed by atoms with Gasteiger partial charge in [0.25, 0.3) is 6.43 Å². The zero-order chi connectivity index (χ0) is 28.1. The molecule has 1 aromatic carbocycles. The topological polar surface area (TPSA) is 92.3 Å². The number of halogens is 2. The predicted octanol–water partition coefficient (Wildman–Crippen LogP) is 4.14. The standard InChI is InChI=1S/C29H33F2N7O2/c1-17-29(40)35(2)16-24-26(34-28(38(17)24)18-7-9-37(10-8-18)11-12-39)20-5-4-6-23-21(20)13-22(27(30)31)25(33-23)19-14-32-36(3)15-19/h4-6,13-15,17-18,27,39H,7-12,16H2,1-3H3/t17-/m1/s1. The van der Waals surface area contributed by atoms with Crippen LogP contribution in [0.25, 0.3) is 33.4 Å². The van der Waals surface area contributed by atoms with Gasteiger partial charge >= 0.3 is 0 Å². The smallest absolute Gasteiger partial charge is 0.265 e. The van der Waals surface area contributed by atoms with Crippen LogP contribution < -0.4 is 0 Å². The molecule has 1 saturated heterocycles. The number of β-amino-alcohol motifs (C(OH)–C–C–N with tert-alkyl or cyclic N) is 1. The summed E-state index contributed by atoms with van der Waals surface area (Å²) < 4.78 is 32.4. The summed E-state index contributed by atoms with van der Waals surface area (Å²) in [5.74, 6) is 1.05. The number of carbonyl (C=O) groups excluding carboxylic acids is 1. The van der Waals surface area contributed by atoms with Crippen LogP contribution in [-0.4, -0.2) is 78.4 Å². The normalized spacial score (nSPS) is 18.7. The summed E-state index contributed by atoms with van der Waals surface area (Å²) in [7, 11) is 3.52. The fraction of sp³-hybridized carbons (Fsp3) is 0.448. The highest BCUT2D eigenvalue weighted by molar-refractivity contribution is 5.96. The Hall–Kier alpha value is -3.70. The van der Waals surface area contributed by atoms with Crippen LogP contribution in [0.1, 0.15) is 55.2 Å². The van der Waals surface area contributed by atoms with Gasteiger partial charge in [-0.25, -0.2) is 18.7 Å². The Labute approximate surface area is 231 Å². The number of fused-ring (bicyclic) bond motifs is 2. The van der Waals surface area contributed by atoms with Crippen molar-refractivity contribution in [2.75, 3.05) is 33.3 Å².